The third-order valence-electron chi connectivity index (χ3n) is 7.38. The van der Waals surface area contributed by atoms with Crippen molar-refractivity contribution >= 4 is 17.0 Å². The molecule has 1 saturated carbocycles. The molecule has 11 heteroatoms. The minimum absolute atomic E-state index is 0.0640. The Balaban J connectivity index is 1.40. The second-order valence-electron chi connectivity index (χ2n) is 10.3. The van der Waals surface area contributed by atoms with Gasteiger partial charge in [-0.2, -0.15) is 23.3 Å². The average molecular weight is 518 g/mol. The summed E-state index contributed by atoms with van der Waals surface area (Å²) < 4.78 is 39.7. The van der Waals surface area contributed by atoms with Gasteiger partial charge in [0.1, 0.15) is 5.69 Å². The van der Waals surface area contributed by atoms with Crippen LogP contribution < -0.4 is 5.32 Å². The number of nitrogens with one attached hydrogen (secondary N) is 1. The summed E-state index contributed by atoms with van der Waals surface area (Å²) in [5, 5.41) is 18.4. The summed E-state index contributed by atoms with van der Waals surface area (Å²) in [5.74, 6) is 0.155. The van der Waals surface area contributed by atoms with Crippen LogP contribution in [0, 0.1) is 0 Å². The molecular weight excluding hydrogens is 483 g/mol. The van der Waals surface area contributed by atoms with Gasteiger partial charge in [-0.15, -0.1) is 0 Å². The summed E-state index contributed by atoms with van der Waals surface area (Å²) in [4.78, 5) is 13.7. The molecule has 5 rings (SSSR count). The molecule has 3 aromatic rings. The number of aliphatic hydroxyl groups is 1. The molecule has 0 unspecified atom stereocenters. The Morgan fingerprint density at radius 2 is 1.73 bits per heavy atom. The minimum Gasteiger partial charge on any atom is -0.393 e. The van der Waals surface area contributed by atoms with Gasteiger partial charge in [-0.05, 0) is 38.3 Å². The molecule has 0 bridgehead atoms. The first-order chi connectivity index (χ1) is 17.7. The summed E-state index contributed by atoms with van der Waals surface area (Å²) in [6.07, 6.45) is -0.962. The Kier molecular flexibility index (Phi) is 7.64. The van der Waals surface area contributed by atoms with Crippen molar-refractivity contribution in [2.75, 3.05) is 45.1 Å². The normalized spacial score (nSPS) is 22.0. The van der Waals surface area contributed by atoms with Crippen molar-refractivity contribution in [2.45, 2.75) is 57.0 Å². The Labute approximate surface area is 214 Å². The van der Waals surface area contributed by atoms with Crippen LogP contribution in [0.25, 0.3) is 22.3 Å². The van der Waals surface area contributed by atoms with Gasteiger partial charge in [-0.1, -0.05) is 24.3 Å². The van der Waals surface area contributed by atoms with E-state index < -0.39 is 12.6 Å². The van der Waals surface area contributed by atoms with Gasteiger partial charge in [-0.3, -0.25) is 4.90 Å². The lowest BCUT2D eigenvalue weighted by molar-refractivity contribution is -0.131. The molecule has 2 N–H and O–H groups in total. The predicted octanol–water partition coefficient (Wildman–Crippen LogP) is 4.08. The van der Waals surface area contributed by atoms with Crippen molar-refractivity contribution in [3.05, 3.63) is 36.0 Å². The lowest BCUT2D eigenvalue weighted by Crippen LogP contribution is -2.43. The number of halogens is 3. The molecule has 0 radical (unpaired) electrons. The van der Waals surface area contributed by atoms with Crippen molar-refractivity contribution in [1.29, 1.82) is 0 Å². The molecule has 1 saturated heterocycles. The molecule has 2 aliphatic rings. The zero-order valence-corrected chi connectivity index (χ0v) is 21.1. The minimum atomic E-state index is -4.24. The van der Waals surface area contributed by atoms with Crippen LogP contribution in [0.1, 0.15) is 43.7 Å². The highest BCUT2D eigenvalue weighted by Crippen LogP contribution is 2.34. The largest absolute Gasteiger partial charge is 0.393 e. The van der Waals surface area contributed by atoms with Crippen LogP contribution >= 0.6 is 0 Å². The van der Waals surface area contributed by atoms with Crippen molar-refractivity contribution < 1.29 is 18.3 Å². The zero-order valence-electron chi connectivity index (χ0n) is 21.1. The molecule has 3 heterocycles. The lowest BCUT2D eigenvalue weighted by Gasteiger charge is -2.32. The predicted molar refractivity (Wildman–Crippen MR) is 136 cm³/mol. The third kappa shape index (κ3) is 6.39. The smallest absolute Gasteiger partial charge is 0.390 e. The highest BCUT2D eigenvalue weighted by molar-refractivity contribution is 5.91. The van der Waals surface area contributed by atoms with Crippen molar-refractivity contribution in [1.82, 2.24) is 29.5 Å². The maximum Gasteiger partial charge on any atom is 0.390 e. The number of piperazine rings is 1. The first-order valence-corrected chi connectivity index (χ1v) is 13.0. The van der Waals surface area contributed by atoms with E-state index in [0.29, 0.717) is 18.5 Å². The van der Waals surface area contributed by atoms with E-state index in [1.165, 1.54) is 5.56 Å². The van der Waals surface area contributed by atoms with Crippen molar-refractivity contribution in [2.24, 2.45) is 0 Å². The first kappa shape index (κ1) is 25.9. The number of aromatic nitrogens is 4. The summed E-state index contributed by atoms with van der Waals surface area (Å²) in [7, 11) is 2.15. The highest BCUT2D eigenvalue weighted by Gasteiger charge is 2.27. The fourth-order valence-electron chi connectivity index (χ4n) is 5.13. The fraction of sp³-hybridized carbons (Fsp3) is 0.577. The van der Waals surface area contributed by atoms with E-state index in [0.717, 1.165) is 62.2 Å². The van der Waals surface area contributed by atoms with E-state index in [1.807, 2.05) is 4.68 Å². The van der Waals surface area contributed by atoms with E-state index in [9.17, 15) is 18.3 Å². The van der Waals surface area contributed by atoms with E-state index in [1.54, 1.807) is 6.20 Å². The fourth-order valence-corrected chi connectivity index (χ4v) is 5.13. The van der Waals surface area contributed by atoms with E-state index in [4.69, 9.17) is 5.10 Å². The monoisotopic (exact) mass is 517 g/mol. The summed E-state index contributed by atoms with van der Waals surface area (Å²) >= 11 is 0. The molecular formula is C26H34F3N7O. The van der Waals surface area contributed by atoms with Gasteiger partial charge in [0.25, 0.3) is 0 Å². The molecule has 2 fully saturated rings. The van der Waals surface area contributed by atoms with Crippen LogP contribution in [0.4, 0.5) is 19.1 Å². The Hall–Kier alpha value is -2.76. The van der Waals surface area contributed by atoms with Crippen LogP contribution in [-0.4, -0.2) is 86.7 Å². The first-order valence-electron chi connectivity index (χ1n) is 13.0. The third-order valence-corrected chi connectivity index (χ3v) is 7.38. The van der Waals surface area contributed by atoms with Crippen LogP contribution in [0.5, 0.6) is 0 Å². The van der Waals surface area contributed by atoms with E-state index in [-0.39, 0.29) is 24.6 Å². The van der Waals surface area contributed by atoms with E-state index in [2.05, 4.69) is 56.4 Å². The second-order valence-corrected chi connectivity index (χ2v) is 10.3. The number of anilines is 1. The molecule has 0 amide bonds. The second kappa shape index (κ2) is 10.9. The average Bonchev–Trinajstić information content (AvgIpc) is 3.24. The van der Waals surface area contributed by atoms with Crippen LogP contribution in [-0.2, 0) is 6.54 Å². The summed E-state index contributed by atoms with van der Waals surface area (Å²) in [6, 6.07) is 8.45. The van der Waals surface area contributed by atoms with Crippen LogP contribution in [0.3, 0.4) is 0 Å². The number of hydrogen-bond donors (Lipinski definition) is 2. The molecule has 1 aromatic carbocycles. The number of alkyl halides is 3. The molecule has 8 nitrogen and oxygen atoms in total. The quantitative estimate of drug-likeness (QED) is 0.489. The number of likely N-dealkylation sites (N-methyl/N-ethyl adjacent to an activating group) is 1. The SMILES string of the molecule is CN1CCN(Cc2ccc(-c3nn(C4CCC(O)CC4)c4nc(NCCC(F)(F)F)ncc34)cc2)CC1. The van der Waals surface area contributed by atoms with Gasteiger partial charge in [0.2, 0.25) is 5.95 Å². The lowest BCUT2D eigenvalue weighted by atomic mass is 9.93. The zero-order chi connectivity index (χ0) is 26.0. The molecule has 1 aliphatic heterocycles. The number of fused-ring (bicyclic) bond motifs is 1. The van der Waals surface area contributed by atoms with Crippen molar-refractivity contribution in [3.8, 4) is 11.3 Å². The maximum atomic E-state index is 12.6. The number of aliphatic hydroxyl groups excluding tert-OH is 1. The number of benzene rings is 1. The number of hydrogen-bond acceptors (Lipinski definition) is 7. The molecule has 1 aliphatic carbocycles. The van der Waals surface area contributed by atoms with Gasteiger partial charge in [-0.25, -0.2) is 9.67 Å². The summed E-state index contributed by atoms with van der Waals surface area (Å²) in [6.45, 7) is 4.88. The van der Waals surface area contributed by atoms with Crippen LogP contribution in [0.15, 0.2) is 30.5 Å². The van der Waals surface area contributed by atoms with Gasteiger partial charge in [0.05, 0.1) is 24.0 Å². The van der Waals surface area contributed by atoms with Crippen LogP contribution in [0.2, 0.25) is 0 Å². The standard InChI is InChI=1S/C26H34F3N7O/c1-34-12-14-35(15-13-34)17-18-2-4-19(5-3-18)23-22-16-31-25(30-11-10-26(27,28)29)32-24(22)36(33-23)20-6-8-21(37)9-7-20/h2-5,16,20-21,37H,6-15,17H2,1H3,(H,30,31,32). The number of nitrogens with zero attached hydrogens (tertiary/aromatic N) is 6. The Morgan fingerprint density at radius 3 is 2.41 bits per heavy atom. The van der Waals surface area contributed by atoms with Gasteiger partial charge in [0.15, 0.2) is 5.65 Å². The number of rotatable bonds is 7. The van der Waals surface area contributed by atoms with Gasteiger partial charge < -0.3 is 15.3 Å². The maximum absolute atomic E-state index is 12.6. The van der Waals surface area contributed by atoms with E-state index >= 15 is 0 Å². The summed E-state index contributed by atoms with van der Waals surface area (Å²) in [5.41, 5.74) is 3.55. The van der Waals surface area contributed by atoms with Crippen molar-refractivity contribution in [3.63, 3.8) is 0 Å². The van der Waals surface area contributed by atoms with Gasteiger partial charge in [0, 0.05) is 51.0 Å². The molecule has 0 atom stereocenters. The molecule has 37 heavy (non-hydrogen) atoms. The van der Waals surface area contributed by atoms with Gasteiger partial charge >= 0.3 is 6.18 Å². The molecule has 2 aromatic heterocycles. The topological polar surface area (TPSA) is 82.3 Å². The molecule has 0 spiro atoms. The molecule has 200 valence electrons. The Morgan fingerprint density at radius 1 is 1.03 bits per heavy atom. The Bertz CT molecular complexity index is 1180. The highest BCUT2D eigenvalue weighted by atomic mass is 19.4.